The molecule has 0 fully saturated rings. The van der Waals surface area contributed by atoms with Gasteiger partial charge in [-0.25, -0.2) is 4.21 Å². The van der Waals surface area contributed by atoms with Crippen LogP contribution < -0.4 is 0 Å². The van der Waals surface area contributed by atoms with Crippen molar-refractivity contribution in [2.75, 3.05) is 18.2 Å². The van der Waals surface area contributed by atoms with E-state index in [0.29, 0.717) is 18.2 Å². The molecule has 2 nitrogen and oxygen atoms in total. The lowest BCUT2D eigenvalue weighted by Crippen LogP contribution is -2.06. The summed E-state index contributed by atoms with van der Waals surface area (Å²) in [6, 6.07) is 9.97. The highest BCUT2D eigenvalue weighted by molar-refractivity contribution is 7.80. The zero-order valence-corrected chi connectivity index (χ0v) is 9.39. The van der Waals surface area contributed by atoms with Crippen LogP contribution in [0.25, 0.3) is 0 Å². The first-order valence-electron chi connectivity index (χ1n) is 4.44. The van der Waals surface area contributed by atoms with Crippen LogP contribution >= 0.6 is 11.6 Å². The number of rotatable bonds is 6. The SMILES string of the molecule is O=S(CCCl)OCCc1ccccc1. The van der Waals surface area contributed by atoms with Crippen molar-refractivity contribution >= 4 is 22.7 Å². The molecule has 0 spiro atoms. The fourth-order valence-electron chi connectivity index (χ4n) is 1.02. The monoisotopic (exact) mass is 232 g/mol. The zero-order valence-electron chi connectivity index (χ0n) is 7.82. The van der Waals surface area contributed by atoms with E-state index in [1.54, 1.807) is 0 Å². The summed E-state index contributed by atoms with van der Waals surface area (Å²) in [6.07, 6.45) is 0.787. The molecule has 0 aliphatic rings. The van der Waals surface area contributed by atoms with Crippen molar-refractivity contribution in [2.24, 2.45) is 0 Å². The maximum atomic E-state index is 11.0. The van der Waals surface area contributed by atoms with Gasteiger partial charge in [0.1, 0.15) is 0 Å². The molecule has 0 aliphatic heterocycles. The van der Waals surface area contributed by atoms with Crippen LogP contribution in [0.5, 0.6) is 0 Å². The van der Waals surface area contributed by atoms with Crippen molar-refractivity contribution in [3.8, 4) is 0 Å². The second-order valence-electron chi connectivity index (χ2n) is 2.75. The molecule has 0 saturated carbocycles. The highest BCUT2D eigenvalue weighted by Gasteiger charge is 1.98. The second-order valence-corrected chi connectivity index (χ2v) is 4.38. The van der Waals surface area contributed by atoms with E-state index in [4.69, 9.17) is 15.8 Å². The molecule has 1 atom stereocenters. The minimum absolute atomic E-state index is 0.373. The average Bonchev–Trinajstić information content (AvgIpc) is 2.20. The highest BCUT2D eigenvalue weighted by Crippen LogP contribution is 2.00. The van der Waals surface area contributed by atoms with Gasteiger partial charge in [0.05, 0.1) is 12.4 Å². The molecule has 1 aromatic rings. The van der Waals surface area contributed by atoms with E-state index in [9.17, 15) is 4.21 Å². The van der Waals surface area contributed by atoms with E-state index >= 15 is 0 Å². The van der Waals surface area contributed by atoms with Crippen LogP contribution in [-0.4, -0.2) is 22.4 Å². The Morgan fingerprint density at radius 1 is 1.29 bits per heavy atom. The van der Waals surface area contributed by atoms with E-state index < -0.39 is 11.1 Å². The Morgan fingerprint density at radius 2 is 2.00 bits per heavy atom. The van der Waals surface area contributed by atoms with Crippen LogP contribution in [0.15, 0.2) is 30.3 Å². The van der Waals surface area contributed by atoms with Crippen molar-refractivity contribution in [1.29, 1.82) is 0 Å². The van der Waals surface area contributed by atoms with Crippen LogP contribution in [0.3, 0.4) is 0 Å². The molecule has 14 heavy (non-hydrogen) atoms. The molecule has 0 aromatic heterocycles. The van der Waals surface area contributed by atoms with Gasteiger partial charge < -0.3 is 0 Å². The summed E-state index contributed by atoms with van der Waals surface area (Å²) in [7, 11) is 0. The summed E-state index contributed by atoms with van der Waals surface area (Å²) in [6.45, 7) is 0.480. The van der Waals surface area contributed by atoms with Crippen molar-refractivity contribution < 1.29 is 8.39 Å². The number of hydrogen-bond acceptors (Lipinski definition) is 2. The predicted octanol–water partition coefficient (Wildman–Crippen LogP) is 2.15. The van der Waals surface area contributed by atoms with E-state index in [0.717, 1.165) is 6.42 Å². The number of benzene rings is 1. The third kappa shape index (κ3) is 4.74. The van der Waals surface area contributed by atoms with Crippen LogP contribution in [-0.2, 0) is 21.7 Å². The third-order valence-corrected chi connectivity index (χ3v) is 3.07. The minimum atomic E-state index is -1.23. The van der Waals surface area contributed by atoms with Crippen LogP contribution in [0.1, 0.15) is 5.56 Å². The average molecular weight is 233 g/mol. The van der Waals surface area contributed by atoms with Crippen LogP contribution in [0.4, 0.5) is 0 Å². The van der Waals surface area contributed by atoms with E-state index in [1.807, 2.05) is 30.3 Å². The van der Waals surface area contributed by atoms with Gasteiger partial charge in [-0.15, -0.1) is 11.6 Å². The summed E-state index contributed by atoms with van der Waals surface area (Å²) < 4.78 is 16.1. The maximum absolute atomic E-state index is 11.0. The Hall–Kier alpha value is -0.380. The number of alkyl halides is 1. The lowest BCUT2D eigenvalue weighted by Gasteiger charge is -2.01. The van der Waals surface area contributed by atoms with Gasteiger partial charge in [-0.3, -0.25) is 4.18 Å². The molecule has 4 heteroatoms. The van der Waals surface area contributed by atoms with E-state index in [2.05, 4.69) is 0 Å². The highest BCUT2D eigenvalue weighted by atomic mass is 35.5. The van der Waals surface area contributed by atoms with Crippen LogP contribution in [0, 0.1) is 0 Å². The zero-order chi connectivity index (χ0) is 10.2. The molecule has 0 N–H and O–H groups in total. The smallest absolute Gasteiger partial charge is 0.156 e. The first-order valence-corrected chi connectivity index (χ1v) is 6.22. The summed E-state index contributed by atoms with van der Waals surface area (Å²) in [4.78, 5) is 0. The van der Waals surface area contributed by atoms with Gasteiger partial charge in [0.15, 0.2) is 11.1 Å². The Labute approximate surface area is 91.9 Å². The molecule has 1 rings (SSSR count). The van der Waals surface area contributed by atoms with Crippen molar-refractivity contribution in [1.82, 2.24) is 0 Å². The largest absolute Gasteiger partial charge is 0.290 e. The van der Waals surface area contributed by atoms with Gasteiger partial charge in [0.2, 0.25) is 0 Å². The second kappa shape index (κ2) is 6.98. The Balaban J connectivity index is 2.19. The summed E-state index contributed by atoms with van der Waals surface area (Å²) in [5, 5.41) is 0. The molecule has 0 heterocycles. The molecule has 0 aliphatic carbocycles. The Bertz CT molecular complexity index is 277. The third-order valence-electron chi connectivity index (χ3n) is 1.69. The molecule has 0 saturated heterocycles. The first-order chi connectivity index (χ1) is 6.83. The van der Waals surface area contributed by atoms with Gasteiger partial charge in [-0.2, -0.15) is 0 Å². The van der Waals surface area contributed by atoms with Crippen molar-refractivity contribution in [2.45, 2.75) is 6.42 Å². The van der Waals surface area contributed by atoms with Gasteiger partial charge in [0.25, 0.3) is 0 Å². The fourth-order valence-corrected chi connectivity index (χ4v) is 1.91. The molecule has 0 radical (unpaired) electrons. The predicted molar refractivity (Wildman–Crippen MR) is 59.8 cm³/mol. The molecule has 1 unspecified atom stereocenters. The van der Waals surface area contributed by atoms with Gasteiger partial charge >= 0.3 is 0 Å². The number of hydrogen-bond donors (Lipinski definition) is 0. The minimum Gasteiger partial charge on any atom is -0.290 e. The first kappa shape index (κ1) is 11.7. The molecule has 0 bridgehead atoms. The molecule has 0 amide bonds. The summed E-state index contributed by atoms with van der Waals surface area (Å²) in [5.74, 6) is 0.772. The van der Waals surface area contributed by atoms with E-state index in [-0.39, 0.29) is 0 Å². The molecular weight excluding hydrogens is 220 g/mol. The van der Waals surface area contributed by atoms with Gasteiger partial charge in [-0.1, -0.05) is 30.3 Å². The number of halogens is 1. The van der Waals surface area contributed by atoms with Gasteiger partial charge in [-0.05, 0) is 12.0 Å². The lowest BCUT2D eigenvalue weighted by molar-refractivity contribution is 0.353. The topological polar surface area (TPSA) is 26.3 Å². The van der Waals surface area contributed by atoms with Crippen molar-refractivity contribution in [3.63, 3.8) is 0 Å². The maximum Gasteiger partial charge on any atom is 0.156 e. The van der Waals surface area contributed by atoms with Crippen LogP contribution in [0.2, 0.25) is 0 Å². The molecule has 1 aromatic carbocycles. The normalized spacial score (nSPS) is 12.6. The quantitative estimate of drug-likeness (QED) is 0.703. The standard InChI is InChI=1S/C10H13ClO2S/c11-7-9-14(12)13-8-6-10-4-2-1-3-5-10/h1-5H,6-9H2. The van der Waals surface area contributed by atoms with Crippen molar-refractivity contribution in [3.05, 3.63) is 35.9 Å². The fraction of sp³-hybridized carbons (Fsp3) is 0.400. The Morgan fingerprint density at radius 3 is 2.64 bits per heavy atom. The van der Waals surface area contributed by atoms with E-state index in [1.165, 1.54) is 5.56 Å². The molecule has 78 valence electrons. The lowest BCUT2D eigenvalue weighted by atomic mass is 10.2. The summed E-state index contributed by atoms with van der Waals surface area (Å²) in [5.41, 5.74) is 1.19. The molecular formula is C10H13ClO2S. The summed E-state index contributed by atoms with van der Waals surface area (Å²) >= 11 is 4.19. The van der Waals surface area contributed by atoms with Gasteiger partial charge in [0, 0.05) is 5.88 Å². The Kier molecular flexibility index (Phi) is 5.83.